The maximum atomic E-state index is 5.88. The number of hydrogen-bond donors (Lipinski definition) is 1. The number of nitrogens with zero attached hydrogens (tertiary/aromatic N) is 2. The van der Waals surface area contributed by atoms with Crippen LogP contribution in [0.5, 0.6) is 0 Å². The molecule has 4 heteroatoms. The van der Waals surface area contributed by atoms with Crippen LogP contribution in [0, 0.1) is 0 Å². The second-order valence-corrected chi connectivity index (χ2v) is 7.85. The summed E-state index contributed by atoms with van der Waals surface area (Å²) in [6.45, 7) is 6.33. The van der Waals surface area contributed by atoms with Gasteiger partial charge in [0.05, 0.1) is 11.4 Å². The van der Waals surface area contributed by atoms with E-state index in [0.29, 0.717) is 0 Å². The summed E-state index contributed by atoms with van der Waals surface area (Å²) in [4.78, 5) is 0. The van der Waals surface area contributed by atoms with Crippen LogP contribution in [-0.2, 0) is 0 Å². The summed E-state index contributed by atoms with van der Waals surface area (Å²) in [5.74, 6) is 0. The first kappa shape index (κ1) is 23.2. The zero-order valence-corrected chi connectivity index (χ0v) is 19.0. The van der Waals surface area contributed by atoms with Crippen molar-refractivity contribution in [2.75, 3.05) is 18.1 Å². The van der Waals surface area contributed by atoms with Gasteiger partial charge in [0.15, 0.2) is 5.11 Å². The highest BCUT2D eigenvalue weighted by atomic mass is 32.1. The molecule has 0 aliphatic carbocycles. The molecule has 0 saturated heterocycles. The van der Waals surface area contributed by atoms with Crippen molar-refractivity contribution < 1.29 is 0 Å². The predicted molar refractivity (Wildman–Crippen MR) is 131 cm³/mol. The van der Waals surface area contributed by atoms with Crippen molar-refractivity contribution in [3.63, 3.8) is 0 Å². The molecule has 3 nitrogen and oxygen atoms in total. The van der Waals surface area contributed by atoms with Crippen molar-refractivity contribution in [1.29, 1.82) is 0 Å². The third-order valence-corrected chi connectivity index (χ3v) is 5.36. The van der Waals surface area contributed by atoms with Crippen molar-refractivity contribution in [2.24, 2.45) is 0 Å². The van der Waals surface area contributed by atoms with Gasteiger partial charge in [0.1, 0.15) is 0 Å². The first-order valence-corrected chi connectivity index (χ1v) is 11.6. The highest BCUT2D eigenvalue weighted by Crippen LogP contribution is 2.27. The minimum Gasteiger partial charge on any atom is -0.361 e. The van der Waals surface area contributed by atoms with E-state index in [0.717, 1.165) is 42.4 Å². The van der Waals surface area contributed by atoms with E-state index >= 15 is 0 Å². The van der Waals surface area contributed by atoms with Crippen LogP contribution in [0.2, 0.25) is 0 Å². The third-order valence-electron chi connectivity index (χ3n) is 5.01. The van der Waals surface area contributed by atoms with Gasteiger partial charge in [-0.3, -0.25) is 10.0 Å². The molecule has 2 rings (SSSR count). The van der Waals surface area contributed by atoms with Crippen molar-refractivity contribution in [3.05, 3.63) is 60.7 Å². The number of benzene rings is 2. The molecule has 0 radical (unpaired) electrons. The number of hydrogen-bond acceptors (Lipinski definition) is 2. The summed E-state index contributed by atoms with van der Waals surface area (Å²) in [6.07, 6.45) is 9.81. The first-order chi connectivity index (χ1) is 14.3. The summed E-state index contributed by atoms with van der Waals surface area (Å²) < 4.78 is 0. The summed E-state index contributed by atoms with van der Waals surface area (Å²) in [5.41, 5.74) is 2.26. The average Bonchev–Trinajstić information content (AvgIpc) is 2.77. The second-order valence-electron chi connectivity index (χ2n) is 7.46. The van der Waals surface area contributed by atoms with Crippen molar-refractivity contribution in [1.82, 2.24) is 10.3 Å². The normalized spacial score (nSPS) is 10.6. The lowest BCUT2D eigenvalue weighted by Gasteiger charge is -2.38. The molecular weight excluding hydrogens is 374 g/mol. The van der Waals surface area contributed by atoms with Gasteiger partial charge in [0, 0.05) is 13.1 Å². The van der Waals surface area contributed by atoms with Crippen molar-refractivity contribution >= 4 is 28.7 Å². The van der Waals surface area contributed by atoms with Gasteiger partial charge in [-0.2, -0.15) is 0 Å². The van der Waals surface area contributed by atoms with Crippen LogP contribution in [0.15, 0.2) is 60.7 Å². The average molecular weight is 412 g/mol. The Hall–Kier alpha value is -2.07. The summed E-state index contributed by atoms with van der Waals surface area (Å²) in [6, 6.07) is 21.1. The van der Waals surface area contributed by atoms with Crippen LogP contribution >= 0.6 is 12.2 Å². The van der Waals surface area contributed by atoms with Crippen LogP contribution in [-0.4, -0.2) is 23.2 Å². The lowest BCUT2D eigenvalue weighted by Crippen LogP contribution is -2.49. The Morgan fingerprint density at radius 3 is 1.76 bits per heavy atom. The van der Waals surface area contributed by atoms with Crippen LogP contribution in [0.4, 0.5) is 11.4 Å². The Bertz CT molecular complexity index is 635. The number of unbranched alkanes of at least 4 members (excludes halogenated alkanes) is 6. The van der Waals surface area contributed by atoms with E-state index < -0.39 is 0 Å². The molecule has 0 aliphatic heterocycles. The fourth-order valence-electron chi connectivity index (χ4n) is 3.39. The number of hydrazine groups is 1. The molecule has 0 bridgehead atoms. The Morgan fingerprint density at radius 2 is 1.24 bits per heavy atom. The molecule has 0 unspecified atom stereocenters. The van der Waals surface area contributed by atoms with E-state index in [9.17, 15) is 0 Å². The van der Waals surface area contributed by atoms with Crippen LogP contribution in [0.1, 0.15) is 65.2 Å². The summed E-state index contributed by atoms with van der Waals surface area (Å²) >= 11 is 5.88. The van der Waals surface area contributed by atoms with E-state index in [4.69, 9.17) is 12.2 Å². The number of thiocarbonyl (C=S) groups is 1. The minimum absolute atomic E-state index is 0.811. The minimum atomic E-state index is 0.811. The number of nitrogens with one attached hydrogen (secondary N) is 1. The molecule has 0 heterocycles. The van der Waals surface area contributed by atoms with Gasteiger partial charge in [-0.1, -0.05) is 88.8 Å². The predicted octanol–water partition coefficient (Wildman–Crippen LogP) is 7.08. The molecule has 29 heavy (non-hydrogen) atoms. The Kier molecular flexibility index (Phi) is 11.2. The Balaban J connectivity index is 2.20. The maximum Gasteiger partial charge on any atom is 0.188 e. The van der Waals surface area contributed by atoms with Crippen LogP contribution in [0.3, 0.4) is 0 Å². The summed E-state index contributed by atoms with van der Waals surface area (Å²) in [5, 5.41) is 8.83. The quantitative estimate of drug-likeness (QED) is 0.216. The van der Waals surface area contributed by atoms with Crippen molar-refractivity contribution in [3.8, 4) is 0 Å². The molecule has 2 aromatic rings. The smallest absolute Gasteiger partial charge is 0.188 e. The van der Waals surface area contributed by atoms with E-state index in [2.05, 4.69) is 89.8 Å². The lowest BCUT2D eigenvalue weighted by molar-refractivity contribution is 0.400. The lowest BCUT2D eigenvalue weighted by atomic mass is 10.2. The zero-order chi connectivity index (χ0) is 20.7. The first-order valence-electron chi connectivity index (χ1n) is 11.2. The topological polar surface area (TPSA) is 18.5 Å². The molecule has 1 N–H and O–H groups in total. The van der Waals surface area contributed by atoms with Gasteiger partial charge >= 0.3 is 0 Å². The fourth-order valence-corrected chi connectivity index (χ4v) is 3.66. The molecule has 0 atom stereocenters. The van der Waals surface area contributed by atoms with E-state index in [-0.39, 0.29) is 0 Å². The molecule has 0 aromatic heterocycles. The number of para-hydroxylation sites is 2. The molecule has 0 fully saturated rings. The van der Waals surface area contributed by atoms with Crippen molar-refractivity contribution in [2.45, 2.75) is 65.2 Å². The van der Waals surface area contributed by atoms with Gasteiger partial charge in [0.25, 0.3) is 0 Å². The van der Waals surface area contributed by atoms with E-state index in [1.165, 1.54) is 38.5 Å². The largest absolute Gasteiger partial charge is 0.361 e. The second kappa shape index (κ2) is 14.0. The van der Waals surface area contributed by atoms with E-state index in [1.54, 1.807) is 0 Å². The highest BCUT2D eigenvalue weighted by molar-refractivity contribution is 7.80. The van der Waals surface area contributed by atoms with Gasteiger partial charge in [-0.15, -0.1) is 0 Å². The van der Waals surface area contributed by atoms with Crippen LogP contribution < -0.4 is 10.3 Å². The van der Waals surface area contributed by atoms with E-state index in [1.807, 2.05) is 0 Å². The van der Waals surface area contributed by atoms with Gasteiger partial charge in [0.2, 0.25) is 0 Å². The SMILES string of the molecule is CCCCCCNC(=S)N(CCCCCC)N(c1ccccc1)c1ccccc1. The van der Waals surface area contributed by atoms with Gasteiger partial charge in [-0.05, 0) is 49.3 Å². The molecule has 0 aliphatic rings. The third kappa shape index (κ3) is 8.06. The molecule has 0 amide bonds. The fraction of sp³-hybridized carbons (Fsp3) is 0.480. The highest BCUT2D eigenvalue weighted by Gasteiger charge is 2.20. The zero-order valence-electron chi connectivity index (χ0n) is 18.1. The maximum absolute atomic E-state index is 5.88. The Morgan fingerprint density at radius 1 is 0.724 bits per heavy atom. The van der Waals surface area contributed by atoms with Gasteiger partial charge in [-0.25, -0.2) is 0 Å². The molecule has 0 spiro atoms. The summed E-state index contributed by atoms with van der Waals surface area (Å²) in [7, 11) is 0. The molecule has 0 saturated carbocycles. The molecule has 158 valence electrons. The molecule has 2 aromatic carbocycles. The molecular formula is C25H37N3S. The number of rotatable bonds is 13. The Labute approximate surface area is 183 Å². The standard InChI is InChI=1S/C25H37N3S/c1-3-5-7-15-21-26-25(29)27(22-16-8-6-4-2)28(23-17-11-9-12-18-23)24-19-13-10-14-20-24/h9-14,17-20H,3-8,15-16,21-22H2,1-2H3,(H,26,29). The monoisotopic (exact) mass is 411 g/mol. The van der Waals surface area contributed by atoms with Crippen LogP contribution in [0.25, 0.3) is 0 Å². The number of anilines is 2. The van der Waals surface area contributed by atoms with Gasteiger partial charge < -0.3 is 5.32 Å².